The van der Waals surface area contributed by atoms with Crippen LogP contribution in [0, 0.1) is 13.8 Å². The molecular formula is C24H26N2O3S. The number of benzene rings is 3. The van der Waals surface area contributed by atoms with Crippen molar-refractivity contribution in [1.29, 1.82) is 0 Å². The first-order valence-corrected chi connectivity index (χ1v) is 11.3. The number of amides is 1. The van der Waals surface area contributed by atoms with E-state index in [-0.39, 0.29) is 17.3 Å². The number of anilines is 1. The first-order chi connectivity index (χ1) is 14.3. The van der Waals surface area contributed by atoms with E-state index in [1.807, 2.05) is 62.4 Å². The molecule has 1 amide bonds. The third kappa shape index (κ3) is 6.02. The second kappa shape index (κ2) is 9.69. The number of aryl methyl sites for hydroxylation is 3. The zero-order valence-electron chi connectivity index (χ0n) is 17.2. The first kappa shape index (κ1) is 21.7. The molecule has 2 N–H and O–H groups in total. The highest BCUT2D eigenvalue weighted by molar-refractivity contribution is 7.89. The Hall–Kier alpha value is -2.96. The normalized spacial score (nSPS) is 11.3. The molecule has 0 atom stereocenters. The third-order valence-corrected chi connectivity index (χ3v) is 6.39. The summed E-state index contributed by atoms with van der Waals surface area (Å²) in [6, 6.07) is 21.8. The summed E-state index contributed by atoms with van der Waals surface area (Å²) in [7, 11) is -3.58. The average molecular weight is 423 g/mol. The van der Waals surface area contributed by atoms with Crippen LogP contribution in [-0.4, -0.2) is 14.3 Å². The lowest BCUT2D eigenvalue weighted by molar-refractivity contribution is -0.116. The third-order valence-electron chi connectivity index (χ3n) is 4.97. The van der Waals surface area contributed by atoms with E-state index < -0.39 is 10.0 Å². The Morgan fingerprint density at radius 2 is 1.53 bits per heavy atom. The molecule has 156 valence electrons. The van der Waals surface area contributed by atoms with Crippen LogP contribution in [0.1, 0.15) is 28.7 Å². The molecule has 0 unspecified atom stereocenters. The largest absolute Gasteiger partial charge is 0.326 e. The van der Waals surface area contributed by atoms with Gasteiger partial charge in [0, 0.05) is 18.7 Å². The predicted molar refractivity (Wildman–Crippen MR) is 120 cm³/mol. The van der Waals surface area contributed by atoms with E-state index in [1.54, 1.807) is 24.3 Å². The van der Waals surface area contributed by atoms with Gasteiger partial charge in [-0.05, 0) is 66.8 Å². The summed E-state index contributed by atoms with van der Waals surface area (Å²) < 4.78 is 27.5. The topological polar surface area (TPSA) is 75.3 Å². The van der Waals surface area contributed by atoms with Crippen LogP contribution in [-0.2, 0) is 27.8 Å². The van der Waals surface area contributed by atoms with Crippen LogP contribution in [0.25, 0.3) is 0 Å². The number of carbonyl (C=O) groups is 1. The molecule has 0 bridgehead atoms. The van der Waals surface area contributed by atoms with Crippen molar-refractivity contribution < 1.29 is 13.2 Å². The fourth-order valence-corrected chi connectivity index (χ4v) is 4.01. The van der Waals surface area contributed by atoms with Gasteiger partial charge in [0.1, 0.15) is 0 Å². The molecule has 3 rings (SSSR count). The van der Waals surface area contributed by atoms with E-state index >= 15 is 0 Å². The Kier molecular flexibility index (Phi) is 7.03. The summed E-state index contributed by atoms with van der Waals surface area (Å²) in [5, 5.41) is 2.90. The molecule has 0 aromatic heterocycles. The number of nitrogens with one attached hydrogen (secondary N) is 2. The van der Waals surface area contributed by atoms with Crippen molar-refractivity contribution >= 4 is 21.6 Å². The van der Waals surface area contributed by atoms with Crippen molar-refractivity contribution in [1.82, 2.24) is 4.72 Å². The van der Waals surface area contributed by atoms with Gasteiger partial charge in [-0.2, -0.15) is 0 Å². The van der Waals surface area contributed by atoms with Gasteiger partial charge < -0.3 is 5.32 Å². The maximum Gasteiger partial charge on any atom is 0.240 e. The Morgan fingerprint density at radius 1 is 0.833 bits per heavy atom. The fraction of sp³-hybridized carbons (Fsp3) is 0.208. The van der Waals surface area contributed by atoms with Gasteiger partial charge in [0.2, 0.25) is 15.9 Å². The van der Waals surface area contributed by atoms with Crippen LogP contribution < -0.4 is 10.0 Å². The number of carbonyl (C=O) groups excluding carboxylic acids is 1. The molecule has 5 nitrogen and oxygen atoms in total. The molecule has 3 aromatic carbocycles. The van der Waals surface area contributed by atoms with E-state index in [2.05, 4.69) is 10.0 Å². The van der Waals surface area contributed by atoms with Crippen LogP contribution in [0.4, 0.5) is 5.69 Å². The highest BCUT2D eigenvalue weighted by Gasteiger charge is 2.13. The summed E-state index contributed by atoms with van der Waals surface area (Å²) in [4.78, 5) is 12.4. The lowest BCUT2D eigenvalue weighted by Crippen LogP contribution is -2.23. The summed E-state index contributed by atoms with van der Waals surface area (Å²) in [6.07, 6.45) is 0.861. The highest BCUT2D eigenvalue weighted by Crippen LogP contribution is 2.16. The van der Waals surface area contributed by atoms with Gasteiger partial charge in [0.15, 0.2) is 0 Å². The molecule has 6 heteroatoms. The Bertz CT molecular complexity index is 1110. The Morgan fingerprint density at radius 3 is 2.20 bits per heavy atom. The van der Waals surface area contributed by atoms with Gasteiger partial charge in [0.05, 0.1) is 4.90 Å². The summed E-state index contributed by atoms with van der Waals surface area (Å²) in [6.45, 7) is 4.28. The van der Waals surface area contributed by atoms with E-state index in [9.17, 15) is 13.2 Å². The molecule has 3 aromatic rings. The maximum absolute atomic E-state index is 12.5. The van der Waals surface area contributed by atoms with Crippen LogP contribution in [0.2, 0.25) is 0 Å². The standard InChI is InChI=1S/C24H26N2O3S/c1-18-8-12-22(16-19(18)2)26-24(27)15-11-20-9-13-23(14-10-20)30(28,29)25-17-21-6-4-3-5-7-21/h3-10,12-14,16,25H,11,15,17H2,1-2H3,(H,26,27). The molecule has 0 aliphatic heterocycles. The minimum atomic E-state index is -3.58. The molecule has 0 saturated heterocycles. The summed E-state index contributed by atoms with van der Waals surface area (Å²) in [5.74, 6) is -0.0699. The first-order valence-electron chi connectivity index (χ1n) is 9.83. The smallest absolute Gasteiger partial charge is 0.240 e. The van der Waals surface area contributed by atoms with Crippen molar-refractivity contribution in [3.05, 3.63) is 95.1 Å². The van der Waals surface area contributed by atoms with Crippen molar-refractivity contribution in [3.63, 3.8) is 0 Å². The zero-order valence-corrected chi connectivity index (χ0v) is 18.0. The van der Waals surface area contributed by atoms with Crippen LogP contribution in [0.5, 0.6) is 0 Å². The lowest BCUT2D eigenvalue weighted by atomic mass is 10.1. The SMILES string of the molecule is Cc1ccc(NC(=O)CCc2ccc(S(=O)(=O)NCc3ccccc3)cc2)cc1C. The fourth-order valence-electron chi connectivity index (χ4n) is 2.99. The Labute approximate surface area is 178 Å². The zero-order chi connectivity index (χ0) is 21.6. The average Bonchev–Trinajstić information content (AvgIpc) is 2.74. The van der Waals surface area contributed by atoms with Crippen LogP contribution >= 0.6 is 0 Å². The van der Waals surface area contributed by atoms with Crippen LogP contribution in [0.15, 0.2) is 77.7 Å². The molecule has 0 fully saturated rings. The maximum atomic E-state index is 12.5. The van der Waals surface area contributed by atoms with E-state index in [4.69, 9.17) is 0 Å². The number of rotatable bonds is 8. The van der Waals surface area contributed by atoms with Crippen LogP contribution in [0.3, 0.4) is 0 Å². The summed E-state index contributed by atoms with van der Waals surface area (Å²) in [5.41, 5.74) is 4.90. The molecule has 0 aliphatic carbocycles. The highest BCUT2D eigenvalue weighted by atomic mass is 32.2. The van der Waals surface area contributed by atoms with Gasteiger partial charge >= 0.3 is 0 Å². The molecule has 0 spiro atoms. The van der Waals surface area contributed by atoms with E-state index in [0.717, 1.165) is 22.4 Å². The van der Waals surface area contributed by atoms with Crippen molar-refractivity contribution in [2.45, 2.75) is 38.1 Å². The monoisotopic (exact) mass is 422 g/mol. The van der Waals surface area contributed by atoms with Gasteiger partial charge in [-0.15, -0.1) is 0 Å². The predicted octanol–water partition coefficient (Wildman–Crippen LogP) is 4.35. The number of hydrogen-bond donors (Lipinski definition) is 2. The molecular weight excluding hydrogens is 396 g/mol. The van der Waals surface area contributed by atoms with Gasteiger partial charge in [-0.3, -0.25) is 4.79 Å². The van der Waals surface area contributed by atoms with Gasteiger partial charge in [0.25, 0.3) is 0 Å². The van der Waals surface area contributed by atoms with Crippen molar-refractivity contribution in [2.75, 3.05) is 5.32 Å². The molecule has 0 radical (unpaired) electrons. The second-order valence-corrected chi connectivity index (χ2v) is 9.07. The van der Waals surface area contributed by atoms with E-state index in [0.29, 0.717) is 12.8 Å². The molecule has 0 heterocycles. The van der Waals surface area contributed by atoms with Gasteiger partial charge in [-0.1, -0.05) is 48.5 Å². The summed E-state index contributed by atoms with van der Waals surface area (Å²) >= 11 is 0. The van der Waals surface area contributed by atoms with E-state index in [1.165, 1.54) is 5.56 Å². The molecule has 0 aliphatic rings. The molecule has 30 heavy (non-hydrogen) atoms. The minimum absolute atomic E-state index is 0.0699. The minimum Gasteiger partial charge on any atom is -0.326 e. The number of sulfonamides is 1. The van der Waals surface area contributed by atoms with Crippen molar-refractivity contribution in [3.8, 4) is 0 Å². The quantitative estimate of drug-likeness (QED) is 0.567. The Balaban J connectivity index is 1.53. The van der Waals surface area contributed by atoms with Crippen molar-refractivity contribution in [2.24, 2.45) is 0 Å². The molecule has 0 saturated carbocycles. The second-order valence-electron chi connectivity index (χ2n) is 7.30. The number of hydrogen-bond acceptors (Lipinski definition) is 3. The van der Waals surface area contributed by atoms with Gasteiger partial charge in [-0.25, -0.2) is 13.1 Å². The lowest BCUT2D eigenvalue weighted by Gasteiger charge is -2.09.